The zero-order chi connectivity index (χ0) is 14.7. The Balaban J connectivity index is 1.60. The first-order chi connectivity index (χ1) is 10.2. The fourth-order valence-electron chi connectivity index (χ4n) is 3.29. The summed E-state index contributed by atoms with van der Waals surface area (Å²) in [6, 6.07) is 7.69. The van der Waals surface area contributed by atoms with Gasteiger partial charge < -0.3 is 10.6 Å². The molecule has 3 rings (SSSR count). The molecule has 0 unspecified atom stereocenters. The van der Waals surface area contributed by atoms with Crippen LogP contribution in [0.15, 0.2) is 29.3 Å². The summed E-state index contributed by atoms with van der Waals surface area (Å²) in [5.74, 6) is 0.764. The standard InChI is InChI=1S/C17H24FN3/c1-19-16(21-13-6-2-3-7-13)20-12-17(10-11-17)14-8-4-5-9-15(14)18/h4-5,8-9,13H,2-3,6-7,10-12H2,1H3,(H2,19,20,21). The number of hydrogen-bond donors (Lipinski definition) is 2. The first-order valence-electron chi connectivity index (χ1n) is 7.96. The van der Waals surface area contributed by atoms with Gasteiger partial charge in [0.25, 0.3) is 0 Å². The lowest BCUT2D eigenvalue weighted by Crippen LogP contribution is -2.45. The van der Waals surface area contributed by atoms with Crippen LogP contribution in [0.3, 0.4) is 0 Å². The molecule has 0 saturated heterocycles. The second kappa shape index (κ2) is 6.04. The predicted octanol–water partition coefficient (Wildman–Crippen LogP) is 2.96. The van der Waals surface area contributed by atoms with Gasteiger partial charge in [-0.05, 0) is 37.3 Å². The van der Waals surface area contributed by atoms with Crippen LogP contribution in [0.5, 0.6) is 0 Å². The highest BCUT2D eigenvalue weighted by Crippen LogP contribution is 2.48. The molecular weight excluding hydrogens is 265 g/mol. The maximum absolute atomic E-state index is 14.0. The number of aliphatic imine (C=N–C) groups is 1. The van der Waals surface area contributed by atoms with Crippen LogP contribution in [-0.2, 0) is 5.41 Å². The van der Waals surface area contributed by atoms with Gasteiger partial charge in [0.05, 0.1) is 0 Å². The van der Waals surface area contributed by atoms with Crippen molar-refractivity contribution in [3.05, 3.63) is 35.6 Å². The van der Waals surface area contributed by atoms with Crippen molar-refractivity contribution in [1.82, 2.24) is 10.6 Å². The number of rotatable bonds is 4. The van der Waals surface area contributed by atoms with Crippen molar-refractivity contribution in [2.24, 2.45) is 4.99 Å². The van der Waals surface area contributed by atoms with Crippen molar-refractivity contribution in [1.29, 1.82) is 0 Å². The van der Waals surface area contributed by atoms with Gasteiger partial charge in [-0.2, -0.15) is 0 Å². The Morgan fingerprint density at radius 1 is 1.29 bits per heavy atom. The van der Waals surface area contributed by atoms with Crippen LogP contribution < -0.4 is 10.6 Å². The summed E-state index contributed by atoms with van der Waals surface area (Å²) in [6.45, 7) is 0.750. The number of guanidine groups is 1. The minimum atomic E-state index is -0.0875. The van der Waals surface area contributed by atoms with Crippen LogP contribution in [0.2, 0.25) is 0 Å². The molecule has 0 amide bonds. The van der Waals surface area contributed by atoms with E-state index in [-0.39, 0.29) is 11.2 Å². The van der Waals surface area contributed by atoms with E-state index in [4.69, 9.17) is 0 Å². The summed E-state index contributed by atoms with van der Waals surface area (Å²) in [5, 5.41) is 6.87. The van der Waals surface area contributed by atoms with E-state index in [2.05, 4.69) is 15.6 Å². The molecule has 0 radical (unpaired) electrons. The number of benzene rings is 1. The molecule has 2 aliphatic carbocycles. The highest BCUT2D eigenvalue weighted by molar-refractivity contribution is 5.80. The van der Waals surface area contributed by atoms with Crippen LogP contribution in [0, 0.1) is 5.82 Å². The molecule has 0 aromatic heterocycles. The third kappa shape index (κ3) is 3.20. The molecule has 1 aromatic rings. The minimum Gasteiger partial charge on any atom is -0.356 e. The normalized spacial score (nSPS) is 21.3. The quantitative estimate of drug-likeness (QED) is 0.660. The van der Waals surface area contributed by atoms with Gasteiger partial charge in [-0.15, -0.1) is 0 Å². The lowest BCUT2D eigenvalue weighted by Gasteiger charge is -2.21. The largest absolute Gasteiger partial charge is 0.356 e. The molecular formula is C17H24FN3. The molecule has 2 aliphatic rings. The predicted molar refractivity (Wildman–Crippen MR) is 84.1 cm³/mol. The molecule has 0 bridgehead atoms. The van der Waals surface area contributed by atoms with Crippen LogP contribution in [-0.4, -0.2) is 25.6 Å². The zero-order valence-corrected chi connectivity index (χ0v) is 12.7. The SMILES string of the molecule is CN=C(NCC1(c2ccccc2F)CC1)NC1CCCC1. The first-order valence-corrected chi connectivity index (χ1v) is 7.96. The van der Waals surface area contributed by atoms with E-state index in [0.717, 1.165) is 30.9 Å². The van der Waals surface area contributed by atoms with Gasteiger partial charge in [0.1, 0.15) is 5.82 Å². The minimum absolute atomic E-state index is 0.0430. The van der Waals surface area contributed by atoms with Gasteiger partial charge in [-0.3, -0.25) is 4.99 Å². The third-order valence-corrected chi connectivity index (χ3v) is 4.81. The molecule has 114 valence electrons. The van der Waals surface area contributed by atoms with Gasteiger partial charge in [0.2, 0.25) is 0 Å². The molecule has 2 saturated carbocycles. The topological polar surface area (TPSA) is 36.4 Å². The Morgan fingerprint density at radius 3 is 2.62 bits per heavy atom. The van der Waals surface area contributed by atoms with E-state index in [1.165, 1.54) is 25.7 Å². The van der Waals surface area contributed by atoms with Crippen molar-refractivity contribution in [3.8, 4) is 0 Å². The van der Waals surface area contributed by atoms with E-state index in [1.54, 1.807) is 19.2 Å². The maximum atomic E-state index is 14.0. The summed E-state index contributed by atoms with van der Waals surface area (Å²) in [5.41, 5.74) is 0.798. The van der Waals surface area contributed by atoms with Gasteiger partial charge in [-0.25, -0.2) is 4.39 Å². The average molecular weight is 289 g/mol. The average Bonchev–Trinajstić information content (AvgIpc) is 3.11. The second-order valence-corrected chi connectivity index (χ2v) is 6.31. The molecule has 0 spiro atoms. The fraction of sp³-hybridized carbons (Fsp3) is 0.588. The Morgan fingerprint density at radius 2 is 2.00 bits per heavy atom. The van der Waals surface area contributed by atoms with E-state index >= 15 is 0 Å². The summed E-state index contributed by atoms with van der Waals surface area (Å²) in [6.07, 6.45) is 7.13. The van der Waals surface area contributed by atoms with E-state index < -0.39 is 0 Å². The summed E-state index contributed by atoms with van der Waals surface area (Å²) in [4.78, 5) is 4.30. The summed E-state index contributed by atoms with van der Waals surface area (Å²) in [7, 11) is 1.80. The van der Waals surface area contributed by atoms with Crippen LogP contribution in [0.25, 0.3) is 0 Å². The van der Waals surface area contributed by atoms with Crippen molar-refractivity contribution in [2.45, 2.75) is 50.0 Å². The highest BCUT2D eigenvalue weighted by atomic mass is 19.1. The van der Waals surface area contributed by atoms with Crippen molar-refractivity contribution in [3.63, 3.8) is 0 Å². The number of hydrogen-bond acceptors (Lipinski definition) is 1. The van der Waals surface area contributed by atoms with Crippen molar-refractivity contribution >= 4 is 5.96 Å². The number of nitrogens with one attached hydrogen (secondary N) is 2. The number of nitrogens with zero attached hydrogens (tertiary/aromatic N) is 1. The number of halogens is 1. The smallest absolute Gasteiger partial charge is 0.191 e. The lowest BCUT2D eigenvalue weighted by atomic mass is 9.95. The van der Waals surface area contributed by atoms with Gasteiger partial charge >= 0.3 is 0 Å². The molecule has 3 nitrogen and oxygen atoms in total. The van der Waals surface area contributed by atoms with Crippen LogP contribution >= 0.6 is 0 Å². The molecule has 2 fully saturated rings. The van der Waals surface area contributed by atoms with Gasteiger partial charge in [-0.1, -0.05) is 31.0 Å². The molecule has 0 atom stereocenters. The van der Waals surface area contributed by atoms with E-state index in [1.807, 2.05) is 12.1 Å². The van der Waals surface area contributed by atoms with Gasteiger partial charge in [0.15, 0.2) is 5.96 Å². The Labute approximate surface area is 126 Å². The Hall–Kier alpha value is -1.58. The third-order valence-electron chi connectivity index (χ3n) is 4.81. The second-order valence-electron chi connectivity index (χ2n) is 6.31. The van der Waals surface area contributed by atoms with Crippen molar-refractivity contribution < 1.29 is 4.39 Å². The van der Waals surface area contributed by atoms with E-state index in [0.29, 0.717) is 6.04 Å². The molecule has 0 aliphatic heterocycles. The molecule has 2 N–H and O–H groups in total. The van der Waals surface area contributed by atoms with Crippen LogP contribution in [0.4, 0.5) is 4.39 Å². The molecule has 1 aromatic carbocycles. The Kier molecular flexibility index (Phi) is 4.13. The summed E-state index contributed by atoms with van der Waals surface area (Å²) >= 11 is 0. The maximum Gasteiger partial charge on any atom is 0.191 e. The van der Waals surface area contributed by atoms with Crippen molar-refractivity contribution in [2.75, 3.05) is 13.6 Å². The summed E-state index contributed by atoms with van der Waals surface area (Å²) < 4.78 is 14.0. The molecule has 0 heterocycles. The van der Waals surface area contributed by atoms with E-state index in [9.17, 15) is 4.39 Å². The van der Waals surface area contributed by atoms with Gasteiger partial charge in [0, 0.05) is 25.0 Å². The highest BCUT2D eigenvalue weighted by Gasteiger charge is 2.45. The molecule has 21 heavy (non-hydrogen) atoms. The molecule has 4 heteroatoms. The van der Waals surface area contributed by atoms with Crippen LogP contribution in [0.1, 0.15) is 44.1 Å². The zero-order valence-electron chi connectivity index (χ0n) is 12.7. The lowest BCUT2D eigenvalue weighted by molar-refractivity contribution is 0.553. The first kappa shape index (κ1) is 14.4. The monoisotopic (exact) mass is 289 g/mol. The fourth-order valence-corrected chi connectivity index (χ4v) is 3.29. The Bertz CT molecular complexity index is 517.